The Labute approximate surface area is 108 Å². The van der Waals surface area contributed by atoms with Crippen LogP contribution in [0.15, 0.2) is 54.6 Å². The second kappa shape index (κ2) is 5.08. The van der Waals surface area contributed by atoms with Gasteiger partial charge in [-0.15, -0.1) is 0 Å². The number of nitrogens with zero attached hydrogens (tertiary/aromatic N) is 1. The summed E-state index contributed by atoms with van der Waals surface area (Å²) in [6.07, 6.45) is 0. The fourth-order valence-corrected chi connectivity index (χ4v) is 2.29. The van der Waals surface area contributed by atoms with E-state index >= 15 is 0 Å². The number of rotatable bonds is 1. The first-order valence-corrected chi connectivity index (χ1v) is 6.25. The van der Waals surface area contributed by atoms with Gasteiger partial charge in [0, 0.05) is 18.7 Å². The molecule has 1 aliphatic rings. The first kappa shape index (κ1) is 11.1. The molecular weight excluding hydrogens is 218 g/mol. The van der Waals surface area contributed by atoms with Crippen molar-refractivity contribution in [1.82, 2.24) is 4.90 Å². The smallest absolute Gasteiger partial charge is 0.0611 e. The van der Waals surface area contributed by atoms with Crippen molar-refractivity contribution < 1.29 is 0 Å². The molecule has 0 amide bonds. The SMILES string of the molecule is C(#Cc1ccccc1)CN1Cc2ccccc2C1. The first-order chi connectivity index (χ1) is 8.92. The summed E-state index contributed by atoms with van der Waals surface area (Å²) in [5.74, 6) is 6.46. The van der Waals surface area contributed by atoms with E-state index in [1.807, 2.05) is 30.3 Å². The van der Waals surface area contributed by atoms with E-state index in [-0.39, 0.29) is 0 Å². The van der Waals surface area contributed by atoms with Crippen LogP contribution in [0.2, 0.25) is 0 Å². The molecule has 0 fully saturated rings. The molecule has 2 aromatic carbocycles. The Morgan fingerprint density at radius 3 is 2.11 bits per heavy atom. The van der Waals surface area contributed by atoms with Crippen LogP contribution in [0, 0.1) is 11.8 Å². The van der Waals surface area contributed by atoms with Gasteiger partial charge >= 0.3 is 0 Å². The minimum absolute atomic E-state index is 0.837. The highest BCUT2D eigenvalue weighted by atomic mass is 15.1. The van der Waals surface area contributed by atoms with Gasteiger partial charge in [0.2, 0.25) is 0 Å². The Kier molecular flexibility index (Phi) is 3.12. The van der Waals surface area contributed by atoms with Crippen LogP contribution in [0.1, 0.15) is 16.7 Å². The van der Waals surface area contributed by atoms with Gasteiger partial charge in [-0.2, -0.15) is 0 Å². The topological polar surface area (TPSA) is 3.24 Å². The highest BCUT2D eigenvalue weighted by molar-refractivity contribution is 5.34. The van der Waals surface area contributed by atoms with Gasteiger partial charge in [0.05, 0.1) is 6.54 Å². The second-order valence-corrected chi connectivity index (χ2v) is 4.58. The molecule has 2 aromatic rings. The van der Waals surface area contributed by atoms with Crippen LogP contribution in [-0.4, -0.2) is 11.4 Å². The van der Waals surface area contributed by atoms with Crippen molar-refractivity contribution in [1.29, 1.82) is 0 Å². The fraction of sp³-hybridized carbons (Fsp3) is 0.176. The zero-order valence-electron chi connectivity index (χ0n) is 10.3. The Hall–Kier alpha value is -2.04. The highest BCUT2D eigenvalue weighted by Gasteiger charge is 2.16. The van der Waals surface area contributed by atoms with Gasteiger partial charge in [0.25, 0.3) is 0 Å². The van der Waals surface area contributed by atoms with E-state index < -0.39 is 0 Å². The molecule has 0 N–H and O–H groups in total. The van der Waals surface area contributed by atoms with Crippen LogP contribution in [-0.2, 0) is 13.1 Å². The fourth-order valence-electron chi connectivity index (χ4n) is 2.29. The third kappa shape index (κ3) is 2.45. The molecule has 1 heteroatoms. The lowest BCUT2D eigenvalue weighted by molar-refractivity contribution is 0.322. The van der Waals surface area contributed by atoms with Crippen LogP contribution in [0.3, 0.4) is 0 Å². The van der Waals surface area contributed by atoms with Gasteiger partial charge in [0.1, 0.15) is 0 Å². The van der Waals surface area contributed by atoms with Gasteiger partial charge in [-0.3, -0.25) is 4.90 Å². The molecule has 88 valence electrons. The monoisotopic (exact) mass is 233 g/mol. The van der Waals surface area contributed by atoms with E-state index in [0.29, 0.717) is 0 Å². The predicted octanol–water partition coefficient (Wildman–Crippen LogP) is 3.05. The molecule has 1 aliphatic heterocycles. The largest absolute Gasteiger partial charge is 0.284 e. The van der Waals surface area contributed by atoms with Crippen LogP contribution in [0.5, 0.6) is 0 Å². The van der Waals surface area contributed by atoms with Gasteiger partial charge < -0.3 is 0 Å². The minimum Gasteiger partial charge on any atom is -0.284 e. The van der Waals surface area contributed by atoms with Gasteiger partial charge in [0.15, 0.2) is 0 Å². The molecule has 0 atom stereocenters. The van der Waals surface area contributed by atoms with Gasteiger partial charge in [-0.05, 0) is 23.3 Å². The van der Waals surface area contributed by atoms with Crippen molar-refractivity contribution in [3.05, 3.63) is 71.3 Å². The molecule has 0 radical (unpaired) electrons. The van der Waals surface area contributed by atoms with Gasteiger partial charge in [-0.25, -0.2) is 0 Å². The second-order valence-electron chi connectivity index (χ2n) is 4.58. The highest BCUT2D eigenvalue weighted by Crippen LogP contribution is 2.21. The summed E-state index contributed by atoms with van der Waals surface area (Å²) in [5, 5.41) is 0. The molecule has 3 rings (SSSR count). The van der Waals surface area contributed by atoms with Gasteiger partial charge in [-0.1, -0.05) is 54.3 Å². The maximum absolute atomic E-state index is 3.25. The van der Waals surface area contributed by atoms with Crippen molar-refractivity contribution in [3.8, 4) is 11.8 Å². The molecule has 0 saturated carbocycles. The van der Waals surface area contributed by atoms with Crippen molar-refractivity contribution in [2.75, 3.05) is 6.54 Å². The number of hydrogen-bond donors (Lipinski definition) is 0. The Morgan fingerprint density at radius 1 is 0.833 bits per heavy atom. The summed E-state index contributed by atoms with van der Waals surface area (Å²) in [6.45, 7) is 2.89. The summed E-state index contributed by atoms with van der Waals surface area (Å²) in [7, 11) is 0. The Morgan fingerprint density at radius 2 is 1.44 bits per heavy atom. The molecule has 0 aliphatic carbocycles. The molecule has 18 heavy (non-hydrogen) atoms. The average Bonchev–Trinajstić information content (AvgIpc) is 2.82. The van der Waals surface area contributed by atoms with Crippen LogP contribution < -0.4 is 0 Å². The summed E-state index contributed by atoms with van der Waals surface area (Å²) >= 11 is 0. The average molecular weight is 233 g/mol. The van der Waals surface area contributed by atoms with E-state index in [2.05, 4.69) is 41.0 Å². The zero-order chi connectivity index (χ0) is 12.2. The third-order valence-electron chi connectivity index (χ3n) is 3.22. The molecule has 0 bridgehead atoms. The Bertz CT molecular complexity index is 565. The Balaban J connectivity index is 1.63. The molecule has 0 spiro atoms. The normalized spacial score (nSPS) is 13.8. The van der Waals surface area contributed by atoms with E-state index in [4.69, 9.17) is 0 Å². The molecule has 0 unspecified atom stereocenters. The zero-order valence-corrected chi connectivity index (χ0v) is 10.3. The van der Waals surface area contributed by atoms with Crippen LogP contribution in [0.4, 0.5) is 0 Å². The minimum atomic E-state index is 0.837. The van der Waals surface area contributed by atoms with Crippen molar-refractivity contribution in [3.63, 3.8) is 0 Å². The maximum atomic E-state index is 3.25. The van der Waals surface area contributed by atoms with Crippen LogP contribution in [0.25, 0.3) is 0 Å². The molecular formula is C17H15N. The quantitative estimate of drug-likeness (QED) is 0.684. The third-order valence-corrected chi connectivity index (χ3v) is 3.22. The molecule has 1 nitrogen and oxygen atoms in total. The lowest BCUT2D eigenvalue weighted by Gasteiger charge is -2.09. The lowest BCUT2D eigenvalue weighted by atomic mass is 10.1. The lowest BCUT2D eigenvalue weighted by Crippen LogP contribution is -2.16. The maximum Gasteiger partial charge on any atom is 0.0611 e. The first-order valence-electron chi connectivity index (χ1n) is 6.25. The summed E-state index contributed by atoms with van der Waals surface area (Å²) in [5.41, 5.74) is 3.98. The molecule has 0 aromatic heterocycles. The van der Waals surface area contributed by atoms with Crippen molar-refractivity contribution in [2.24, 2.45) is 0 Å². The van der Waals surface area contributed by atoms with E-state index in [9.17, 15) is 0 Å². The molecule has 1 heterocycles. The van der Waals surface area contributed by atoms with Crippen molar-refractivity contribution >= 4 is 0 Å². The van der Waals surface area contributed by atoms with E-state index in [0.717, 1.165) is 25.2 Å². The molecule has 0 saturated heterocycles. The number of benzene rings is 2. The number of hydrogen-bond acceptors (Lipinski definition) is 1. The summed E-state index contributed by atoms with van der Waals surface area (Å²) in [4.78, 5) is 2.38. The van der Waals surface area contributed by atoms with Crippen LogP contribution >= 0.6 is 0 Å². The van der Waals surface area contributed by atoms with E-state index in [1.54, 1.807) is 0 Å². The predicted molar refractivity (Wildman–Crippen MR) is 73.9 cm³/mol. The van der Waals surface area contributed by atoms with Crippen molar-refractivity contribution in [2.45, 2.75) is 13.1 Å². The number of fused-ring (bicyclic) bond motifs is 1. The summed E-state index contributed by atoms with van der Waals surface area (Å²) in [6, 6.07) is 18.8. The summed E-state index contributed by atoms with van der Waals surface area (Å²) < 4.78 is 0. The van der Waals surface area contributed by atoms with E-state index in [1.165, 1.54) is 11.1 Å². The standard InChI is InChI=1S/C17H15N/c1-2-7-15(8-3-1)9-6-12-18-13-16-10-4-5-11-17(16)14-18/h1-5,7-8,10-11H,12-14H2.